The maximum absolute atomic E-state index is 12.5. The van der Waals surface area contributed by atoms with E-state index in [-0.39, 0.29) is 11.4 Å². The number of aryl methyl sites for hydroxylation is 1. The summed E-state index contributed by atoms with van der Waals surface area (Å²) in [5.74, 6) is 1.39. The van der Waals surface area contributed by atoms with Crippen LogP contribution in [-0.2, 0) is 23.0 Å². The van der Waals surface area contributed by atoms with Crippen LogP contribution in [0.1, 0.15) is 17.1 Å². The maximum atomic E-state index is 12.5. The molecule has 0 unspecified atom stereocenters. The molecule has 0 bridgehead atoms. The zero-order valence-electron chi connectivity index (χ0n) is 12.2. The number of furan rings is 1. The average Bonchev–Trinajstić information content (AvgIpc) is 2.85. The largest absolute Gasteiger partial charge is 0.465 e. The highest BCUT2D eigenvalue weighted by molar-refractivity contribution is 7.89. The van der Waals surface area contributed by atoms with Gasteiger partial charge in [-0.1, -0.05) is 12.1 Å². The Balaban J connectivity index is 2.16. The van der Waals surface area contributed by atoms with Gasteiger partial charge in [-0.3, -0.25) is 0 Å². The monoisotopic (exact) mass is 308 g/mol. The third-order valence-electron chi connectivity index (χ3n) is 3.24. The van der Waals surface area contributed by atoms with Gasteiger partial charge in [-0.2, -0.15) is 4.31 Å². The molecule has 0 fully saturated rings. The fourth-order valence-electron chi connectivity index (χ4n) is 2.05. The first-order valence-corrected chi connectivity index (χ1v) is 8.18. The van der Waals surface area contributed by atoms with Gasteiger partial charge >= 0.3 is 0 Å². The highest BCUT2D eigenvalue weighted by Crippen LogP contribution is 2.18. The zero-order chi connectivity index (χ0) is 15.5. The summed E-state index contributed by atoms with van der Waals surface area (Å²) in [5.41, 5.74) is 6.51. The Labute approximate surface area is 125 Å². The number of benzene rings is 1. The Morgan fingerprint density at radius 2 is 1.81 bits per heavy atom. The van der Waals surface area contributed by atoms with Gasteiger partial charge in [-0.25, -0.2) is 8.42 Å². The number of hydrogen-bond acceptors (Lipinski definition) is 4. The van der Waals surface area contributed by atoms with Gasteiger partial charge in [-0.15, -0.1) is 0 Å². The fraction of sp³-hybridized carbons (Fsp3) is 0.333. The number of hydrogen-bond donors (Lipinski definition) is 1. The number of nitrogens with zero attached hydrogens (tertiary/aromatic N) is 1. The quantitative estimate of drug-likeness (QED) is 0.884. The van der Waals surface area contributed by atoms with Crippen LogP contribution in [-0.4, -0.2) is 26.3 Å². The second-order valence-corrected chi connectivity index (χ2v) is 7.00. The van der Waals surface area contributed by atoms with Gasteiger partial charge < -0.3 is 10.2 Å². The lowest BCUT2D eigenvalue weighted by Gasteiger charge is -2.16. The fourth-order valence-corrected chi connectivity index (χ4v) is 3.19. The van der Waals surface area contributed by atoms with Gasteiger partial charge in [0.2, 0.25) is 10.0 Å². The highest BCUT2D eigenvalue weighted by Gasteiger charge is 2.21. The Morgan fingerprint density at radius 1 is 1.14 bits per heavy atom. The summed E-state index contributed by atoms with van der Waals surface area (Å²) in [4.78, 5) is 0.272. The van der Waals surface area contributed by atoms with Crippen molar-refractivity contribution in [2.45, 2.75) is 24.8 Å². The molecule has 0 aliphatic rings. The van der Waals surface area contributed by atoms with Gasteiger partial charge in [0.15, 0.2) is 0 Å². The predicted octanol–water partition coefficient (Wildman–Crippen LogP) is 1.91. The summed E-state index contributed by atoms with van der Waals surface area (Å²) in [6, 6.07) is 10.4. The highest BCUT2D eigenvalue weighted by atomic mass is 32.2. The van der Waals surface area contributed by atoms with E-state index in [1.165, 1.54) is 4.31 Å². The van der Waals surface area contributed by atoms with E-state index >= 15 is 0 Å². The average molecular weight is 308 g/mol. The second-order valence-electron chi connectivity index (χ2n) is 4.96. The van der Waals surface area contributed by atoms with E-state index in [0.29, 0.717) is 12.3 Å². The molecule has 0 aliphatic heterocycles. The molecular formula is C15H20N2O3S. The molecule has 2 aromatic rings. The molecule has 5 nitrogen and oxygen atoms in total. The molecule has 21 heavy (non-hydrogen) atoms. The SMILES string of the molecule is Cc1ccc(CN(C)S(=O)(=O)c2ccc(CCN)cc2)o1. The number of sulfonamides is 1. The van der Waals surface area contributed by atoms with Crippen LogP contribution in [0.3, 0.4) is 0 Å². The van der Waals surface area contributed by atoms with Crippen molar-refractivity contribution in [2.75, 3.05) is 13.6 Å². The molecule has 6 heteroatoms. The van der Waals surface area contributed by atoms with E-state index < -0.39 is 10.0 Å². The molecular weight excluding hydrogens is 288 g/mol. The second kappa shape index (κ2) is 6.43. The van der Waals surface area contributed by atoms with Crippen molar-refractivity contribution < 1.29 is 12.8 Å². The zero-order valence-corrected chi connectivity index (χ0v) is 13.1. The van der Waals surface area contributed by atoms with Crippen molar-refractivity contribution in [1.82, 2.24) is 4.31 Å². The molecule has 0 aliphatic carbocycles. The molecule has 0 radical (unpaired) electrons. The molecule has 114 valence electrons. The summed E-state index contributed by atoms with van der Waals surface area (Å²) >= 11 is 0. The van der Waals surface area contributed by atoms with Crippen LogP contribution in [0.2, 0.25) is 0 Å². The summed E-state index contributed by atoms with van der Waals surface area (Å²) < 4.78 is 31.6. The van der Waals surface area contributed by atoms with Crippen molar-refractivity contribution in [2.24, 2.45) is 5.73 Å². The molecule has 0 saturated carbocycles. The van der Waals surface area contributed by atoms with Crippen LogP contribution in [0.25, 0.3) is 0 Å². The summed E-state index contributed by atoms with van der Waals surface area (Å²) in [7, 11) is -1.97. The molecule has 0 spiro atoms. The Kier molecular flexibility index (Phi) is 4.82. The van der Waals surface area contributed by atoms with Gasteiger partial charge in [0.05, 0.1) is 11.4 Å². The topological polar surface area (TPSA) is 76.5 Å². The molecule has 2 rings (SSSR count). The Morgan fingerprint density at radius 3 is 2.33 bits per heavy atom. The number of nitrogens with two attached hydrogens (primary N) is 1. The Hall–Kier alpha value is -1.63. The van der Waals surface area contributed by atoms with E-state index in [2.05, 4.69) is 0 Å². The minimum atomic E-state index is -3.52. The lowest BCUT2D eigenvalue weighted by Crippen LogP contribution is -2.26. The van der Waals surface area contributed by atoms with Crippen molar-refractivity contribution >= 4 is 10.0 Å². The normalized spacial score (nSPS) is 12.0. The molecule has 0 amide bonds. The lowest BCUT2D eigenvalue weighted by molar-refractivity contribution is 0.397. The first kappa shape index (κ1) is 15.8. The molecule has 0 atom stereocenters. The minimum Gasteiger partial charge on any atom is -0.465 e. The van der Waals surface area contributed by atoms with Crippen LogP contribution in [0.4, 0.5) is 0 Å². The van der Waals surface area contributed by atoms with E-state index in [1.807, 2.05) is 13.0 Å². The summed E-state index contributed by atoms with van der Waals surface area (Å²) in [6.45, 7) is 2.58. The van der Waals surface area contributed by atoms with Crippen LogP contribution in [0.15, 0.2) is 45.7 Å². The first-order valence-electron chi connectivity index (χ1n) is 6.74. The van der Waals surface area contributed by atoms with E-state index in [0.717, 1.165) is 17.7 Å². The molecule has 1 aromatic carbocycles. The number of rotatable bonds is 6. The standard InChI is InChI=1S/C15H20N2O3S/c1-12-3-6-14(20-12)11-17(2)21(18,19)15-7-4-13(5-8-15)9-10-16/h3-8H,9-11,16H2,1-2H3. The lowest BCUT2D eigenvalue weighted by atomic mass is 10.2. The van der Waals surface area contributed by atoms with Crippen molar-refractivity contribution in [3.05, 3.63) is 53.5 Å². The molecule has 1 heterocycles. The first-order chi connectivity index (χ1) is 9.93. The molecule has 0 saturated heterocycles. The third kappa shape index (κ3) is 3.72. The van der Waals surface area contributed by atoms with Gasteiger partial charge in [0.25, 0.3) is 0 Å². The van der Waals surface area contributed by atoms with Gasteiger partial charge in [-0.05, 0) is 49.7 Å². The molecule has 2 N–H and O–H groups in total. The van der Waals surface area contributed by atoms with Crippen molar-refractivity contribution in [1.29, 1.82) is 0 Å². The summed E-state index contributed by atoms with van der Waals surface area (Å²) in [5, 5.41) is 0. The van der Waals surface area contributed by atoms with Crippen molar-refractivity contribution in [3.63, 3.8) is 0 Å². The predicted molar refractivity (Wildman–Crippen MR) is 81.3 cm³/mol. The van der Waals surface area contributed by atoms with E-state index in [4.69, 9.17) is 10.2 Å². The van der Waals surface area contributed by atoms with E-state index in [1.54, 1.807) is 37.4 Å². The van der Waals surface area contributed by atoms with Crippen LogP contribution in [0, 0.1) is 6.92 Å². The smallest absolute Gasteiger partial charge is 0.243 e. The Bertz CT molecular complexity index is 690. The van der Waals surface area contributed by atoms with Gasteiger partial charge in [0, 0.05) is 7.05 Å². The molecule has 1 aromatic heterocycles. The van der Waals surface area contributed by atoms with E-state index in [9.17, 15) is 8.42 Å². The van der Waals surface area contributed by atoms with Gasteiger partial charge in [0.1, 0.15) is 11.5 Å². The van der Waals surface area contributed by atoms with Crippen LogP contribution in [0.5, 0.6) is 0 Å². The van der Waals surface area contributed by atoms with Crippen LogP contribution >= 0.6 is 0 Å². The van der Waals surface area contributed by atoms with Crippen molar-refractivity contribution in [3.8, 4) is 0 Å². The van der Waals surface area contributed by atoms with Crippen LogP contribution < -0.4 is 5.73 Å². The third-order valence-corrected chi connectivity index (χ3v) is 5.06. The summed E-state index contributed by atoms with van der Waals surface area (Å²) in [6.07, 6.45) is 0.738. The minimum absolute atomic E-state index is 0.209. The maximum Gasteiger partial charge on any atom is 0.243 e.